The van der Waals surface area contributed by atoms with E-state index in [4.69, 9.17) is 26.1 Å². The highest BCUT2D eigenvalue weighted by Crippen LogP contribution is 2.37. The van der Waals surface area contributed by atoms with Gasteiger partial charge in [0.2, 0.25) is 0 Å². The summed E-state index contributed by atoms with van der Waals surface area (Å²) in [6.07, 6.45) is 0. The third-order valence-corrected chi connectivity index (χ3v) is 5.29. The fourth-order valence-corrected chi connectivity index (χ4v) is 3.93. The van der Waals surface area contributed by atoms with Crippen LogP contribution < -0.4 is 14.3 Å². The van der Waals surface area contributed by atoms with E-state index in [2.05, 4.69) is 48.1 Å². The summed E-state index contributed by atoms with van der Waals surface area (Å²) in [5.74, 6) is 1.19. The van der Waals surface area contributed by atoms with Crippen molar-refractivity contribution in [2.45, 2.75) is 20.4 Å². The summed E-state index contributed by atoms with van der Waals surface area (Å²) in [5, 5.41) is 2.63. The van der Waals surface area contributed by atoms with Crippen molar-refractivity contribution in [3.05, 3.63) is 57.2 Å². The van der Waals surface area contributed by atoms with Crippen molar-refractivity contribution >= 4 is 45.6 Å². The number of aryl methyl sites for hydroxylation is 1. The van der Waals surface area contributed by atoms with Crippen molar-refractivity contribution in [2.75, 3.05) is 14.2 Å². The summed E-state index contributed by atoms with van der Waals surface area (Å²) in [6, 6.07) is 12.0. The summed E-state index contributed by atoms with van der Waals surface area (Å²) in [5.41, 5.74) is 4.26. The van der Waals surface area contributed by atoms with Gasteiger partial charge in [-0.1, -0.05) is 41.4 Å². The van der Waals surface area contributed by atoms with Crippen molar-refractivity contribution in [1.82, 2.24) is 4.57 Å². The molecule has 3 rings (SSSR count). The van der Waals surface area contributed by atoms with Crippen LogP contribution in [0.4, 0.5) is 5.69 Å². The Morgan fingerprint density at radius 1 is 1.07 bits per heavy atom. The maximum absolute atomic E-state index is 6.19. The van der Waals surface area contributed by atoms with E-state index in [1.165, 1.54) is 11.1 Å². The average molecular weight is 470 g/mol. The number of nitrogens with zero attached hydrogens (tertiary/aromatic N) is 2. The second-order valence-corrected chi connectivity index (χ2v) is 7.03. The third kappa shape index (κ3) is 4.57. The standard InChI is InChI=1S/C20H21ClN2O2S.BrH/c1-5-23-17(14-8-6-13(2)7-9-14)12-26-20(23)22-16-11-18(24-3)15(21)10-19(16)25-4;/h6-12H,5H2,1-4H3;1H. The number of methoxy groups -OCH3 is 2. The molecule has 4 nitrogen and oxygen atoms in total. The minimum absolute atomic E-state index is 0. The first-order valence-corrected chi connectivity index (χ1v) is 9.54. The minimum atomic E-state index is 0. The van der Waals surface area contributed by atoms with E-state index in [-0.39, 0.29) is 17.0 Å². The fraction of sp³-hybridized carbons (Fsp3) is 0.250. The molecule has 0 aliphatic rings. The smallest absolute Gasteiger partial charge is 0.190 e. The molecule has 0 bridgehead atoms. The fourth-order valence-electron chi connectivity index (χ4n) is 2.71. The third-order valence-electron chi connectivity index (χ3n) is 4.13. The lowest BCUT2D eigenvalue weighted by molar-refractivity contribution is 0.404. The normalized spacial score (nSPS) is 11.2. The largest absolute Gasteiger partial charge is 0.495 e. The number of halogens is 2. The lowest BCUT2D eigenvalue weighted by Crippen LogP contribution is -2.14. The van der Waals surface area contributed by atoms with Crippen LogP contribution in [0.25, 0.3) is 11.3 Å². The monoisotopic (exact) mass is 468 g/mol. The summed E-state index contributed by atoms with van der Waals surface area (Å²) in [4.78, 5) is 5.71. The van der Waals surface area contributed by atoms with E-state index in [0.29, 0.717) is 22.2 Å². The summed E-state index contributed by atoms with van der Waals surface area (Å²) < 4.78 is 12.9. The van der Waals surface area contributed by atoms with Gasteiger partial charge < -0.3 is 14.0 Å². The number of ether oxygens (including phenoxy) is 2. The highest BCUT2D eigenvalue weighted by molar-refractivity contribution is 8.93. The summed E-state index contributed by atoms with van der Waals surface area (Å²) in [7, 11) is 3.20. The quantitative estimate of drug-likeness (QED) is 0.457. The maximum Gasteiger partial charge on any atom is 0.190 e. The predicted molar refractivity (Wildman–Crippen MR) is 118 cm³/mol. The molecule has 0 aliphatic carbocycles. The van der Waals surface area contributed by atoms with Gasteiger partial charge in [0.1, 0.15) is 17.2 Å². The molecule has 1 aromatic heterocycles. The van der Waals surface area contributed by atoms with Gasteiger partial charge in [0.05, 0.1) is 24.9 Å². The molecule has 0 fully saturated rings. The molecule has 1 heterocycles. The van der Waals surface area contributed by atoms with Crippen LogP contribution in [0, 0.1) is 6.92 Å². The van der Waals surface area contributed by atoms with E-state index in [0.717, 1.165) is 17.0 Å². The number of benzene rings is 2. The molecular formula is C20H22BrClN2O2S. The van der Waals surface area contributed by atoms with Crippen LogP contribution in [-0.2, 0) is 6.54 Å². The molecule has 0 N–H and O–H groups in total. The Balaban J connectivity index is 0.00000261. The molecule has 27 heavy (non-hydrogen) atoms. The zero-order valence-electron chi connectivity index (χ0n) is 15.7. The van der Waals surface area contributed by atoms with Crippen molar-refractivity contribution in [2.24, 2.45) is 4.99 Å². The van der Waals surface area contributed by atoms with Crippen LogP contribution in [-0.4, -0.2) is 18.8 Å². The lowest BCUT2D eigenvalue weighted by Gasteiger charge is -2.09. The number of hydrogen-bond donors (Lipinski definition) is 0. The molecule has 0 saturated carbocycles. The summed E-state index contributed by atoms with van der Waals surface area (Å²) in [6.45, 7) is 5.02. The summed E-state index contributed by atoms with van der Waals surface area (Å²) >= 11 is 7.79. The van der Waals surface area contributed by atoms with E-state index < -0.39 is 0 Å². The highest BCUT2D eigenvalue weighted by Gasteiger charge is 2.11. The molecule has 3 aromatic rings. The minimum Gasteiger partial charge on any atom is -0.495 e. The second-order valence-electron chi connectivity index (χ2n) is 5.78. The van der Waals surface area contributed by atoms with Crippen molar-refractivity contribution in [1.29, 1.82) is 0 Å². The van der Waals surface area contributed by atoms with E-state index >= 15 is 0 Å². The van der Waals surface area contributed by atoms with Gasteiger partial charge in [-0.05, 0) is 19.4 Å². The molecule has 0 saturated heterocycles. The topological polar surface area (TPSA) is 35.8 Å². The Morgan fingerprint density at radius 3 is 2.33 bits per heavy atom. The molecular weight excluding hydrogens is 448 g/mol. The van der Waals surface area contributed by atoms with Gasteiger partial charge >= 0.3 is 0 Å². The predicted octanol–water partition coefficient (Wildman–Crippen LogP) is 6.03. The number of aromatic nitrogens is 1. The average Bonchev–Trinajstić information content (AvgIpc) is 3.05. The van der Waals surface area contributed by atoms with Crippen LogP contribution in [0.3, 0.4) is 0 Å². The van der Waals surface area contributed by atoms with Crippen LogP contribution in [0.5, 0.6) is 11.5 Å². The second kappa shape index (κ2) is 9.44. The molecule has 0 aliphatic heterocycles. The first-order chi connectivity index (χ1) is 12.6. The SMILES string of the molecule is Br.CCn1c(-c2ccc(C)cc2)csc1=Nc1cc(OC)c(Cl)cc1OC. The maximum atomic E-state index is 6.19. The van der Waals surface area contributed by atoms with E-state index in [9.17, 15) is 0 Å². The zero-order chi connectivity index (χ0) is 18.7. The highest BCUT2D eigenvalue weighted by atomic mass is 79.9. The van der Waals surface area contributed by atoms with E-state index in [1.807, 2.05) is 0 Å². The first-order valence-electron chi connectivity index (χ1n) is 8.29. The Kier molecular flexibility index (Phi) is 7.53. The van der Waals surface area contributed by atoms with Gasteiger partial charge in [0.15, 0.2) is 4.80 Å². The van der Waals surface area contributed by atoms with Crippen LogP contribution >= 0.6 is 39.9 Å². The molecule has 7 heteroatoms. The van der Waals surface area contributed by atoms with Crippen molar-refractivity contribution in [3.8, 4) is 22.8 Å². The van der Waals surface area contributed by atoms with Crippen LogP contribution in [0.15, 0.2) is 46.8 Å². The lowest BCUT2D eigenvalue weighted by atomic mass is 10.1. The van der Waals surface area contributed by atoms with Gasteiger partial charge in [-0.15, -0.1) is 28.3 Å². The molecule has 2 aromatic carbocycles. The Hall–Kier alpha value is -1.76. The number of hydrogen-bond acceptors (Lipinski definition) is 4. The van der Waals surface area contributed by atoms with Crippen molar-refractivity contribution < 1.29 is 9.47 Å². The molecule has 0 spiro atoms. The molecule has 0 amide bonds. The zero-order valence-corrected chi connectivity index (χ0v) is 18.9. The molecule has 0 atom stereocenters. The Bertz CT molecular complexity index is 981. The van der Waals surface area contributed by atoms with Gasteiger partial charge in [-0.25, -0.2) is 4.99 Å². The number of rotatable bonds is 5. The Morgan fingerprint density at radius 2 is 1.74 bits per heavy atom. The van der Waals surface area contributed by atoms with E-state index in [1.54, 1.807) is 37.7 Å². The van der Waals surface area contributed by atoms with Gasteiger partial charge in [-0.2, -0.15) is 0 Å². The Labute approximate surface area is 178 Å². The van der Waals surface area contributed by atoms with Gasteiger partial charge in [-0.3, -0.25) is 0 Å². The van der Waals surface area contributed by atoms with Gasteiger partial charge in [0.25, 0.3) is 0 Å². The first kappa shape index (κ1) is 21.5. The molecule has 0 unspecified atom stereocenters. The van der Waals surface area contributed by atoms with Gasteiger partial charge in [0, 0.05) is 24.1 Å². The van der Waals surface area contributed by atoms with Crippen LogP contribution in [0.1, 0.15) is 12.5 Å². The van der Waals surface area contributed by atoms with Crippen LogP contribution in [0.2, 0.25) is 5.02 Å². The molecule has 144 valence electrons. The van der Waals surface area contributed by atoms with Crippen molar-refractivity contribution in [3.63, 3.8) is 0 Å². The number of thiazole rings is 1. The molecule has 0 radical (unpaired) electrons.